The summed E-state index contributed by atoms with van der Waals surface area (Å²) in [5.41, 5.74) is 6.81. The summed E-state index contributed by atoms with van der Waals surface area (Å²) in [6.07, 6.45) is 1.88. The van der Waals surface area contributed by atoms with Gasteiger partial charge in [-0.3, -0.25) is 4.99 Å². The van der Waals surface area contributed by atoms with E-state index in [1.807, 2.05) is 24.4 Å². The Bertz CT molecular complexity index is 726. The van der Waals surface area contributed by atoms with Gasteiger partial charge < -0.3 is 0 Å². The van der Waals surface area contributed by atoms with Gasteiger partial charge in [0.15, 0.2) is 0 Å². The van der Waals surface area contributed by atoms with E-state index in [9.17, 15) is 0 Å². The van der Waals surface area contributed by atoms with E-state index in [0.717, 1.165) is 22.6 Å². The molecule has 0 fully saturated rings. The van der Waals surface area contributed by atoms with Crippen molar-refractivity contribution in [1.29, 1.82) is 0 Å². The lowest BCUT2D eigenvalue weighted by atomic mass is 9.93. The average Bonchev–Trinajstić information content (AvgIpc) is 2.90. The number of rotatable bonds is 3. The molecule has 0 amide bonds. The molecule has 2 heteroatoms. The summed E-state index contributed by atoms with van der Waals surface area (Å²) in [5, 5.41) is 0. The van der Waals surface area contributed by atoms with Crippen LogP contribution in [0.25, 0.3) is 0 Å². The summed E-state index contributed by atoms with van der Waals surface area (Å²) in [5.74, 6) is 0.901. The summed E-state index contributed by atoms with van der Waals surface area (Å²) < 4.78 is 0. The van der Waals surface area contributed by atoms with E-state index in [0.29, 0.717) is 11.8 Å². The first-order chi connectivity index (χ1) is 10.6. The van der Waals surface area contributed by atoms with Crippen molar-refractivity contribution in [3.05, 3.63) is 59.2 Å². The number of para-hydroxylation sites is 2. The van der Waals surface area contributed by atoms with Crippen LogP contribution in [0.4, 0.5) is 11.4 Å². The van der Waals surface area contributed by atoms with Crippen molar-refractivity contribution in [2.75, 3.05) is 0 Å². The first-order valence-corrected chi connectivity index (χ1v) is 7.93. The predicted octanol–water partition coefficient (Wildman–Crippen LogP) is 5.77. The van der Waals surface area contributed by atoms with Crippen LogP contribution in [0.15, 0.2) is 52.4 Å². The Labute approximate surface area is 132 Å². The van der Waals surface area contributed by atoms with E-state index >= 15 is 0 Å². The van der Waals surface area contributed by atoms with Crippen molar-refractivity contribution in [2.45, 2.75) is 39.5 Å². The Hall–Kier alpha value is -2.22. The van der Waals surface area contributed by atoms with Crippen molar-refractivity contribution in [3.8, 4) is 0 Å². The molecular formula is C20H22N2. The van der Waals surface area contributed by atoms with Crippen LogP contribution >= 0.6 is 0 Å². The lowest BCUT2D eigenvalue weighted by Gasteiger charge is -2.16. The number of aliphatic imine (C=N–C) groups is 2. The van der Waals surface area contributed by atoms with Crippen LogP contribution in [0.5, 0.6) is 0 Å². The van der Waals surface area contributed by atoms with E-state index in [4.69, 9.17) is 4.99 Å². The molecule has 0 saturated carbocycles. The summed E-state index contributed by atoms with van der Waals surface area (Å²) >= 11 is 0. The lowest BCUT2D eigenvalue weighted by molar-refractivity contribution is 0.835. The van der Waals surface area contributed by atoms with Gasteiger partial charge in [0.05, 0.1) is 23.3 Å². The van der Waals surface area contributed by atoms with Crippen molar-refractivity contribution in [3.63, 3.8) is 0 Å². The van der Waals surface area contributed by atoms with Gasteiger partial charge in [-0.15, -0.1) is 0 Å². The van der Waals surface area contributed by atoms with Gasteiger partial charge in [0.25, 0.3) is 0 Å². The van der Waals surface area contributed by atoms with Crippen LogP contribution in [-0.4, -0.2) is 11.9 Å². The van der Waals surface area contributed by atoms with Gasteiger partial charge in [0, 0.05) is 5.56 Å². The Kier molecular flexibility index (Phi) is 3.93. The maximum Gasteiger partial charge on any atom is 0.0914 e. The minimum Gasteiger partial charge on any atom is -0.254 e. The van der Waals surface area contributed by atoms with E-state index in [1.165, 1.54) is 11.1 Å². The van der Waals surface area contributed by atoms with Crippen LogP contribution in [0.1, 0.15) is 56.2 Å². The minimum absolute atomic E-state index is 0.451. The largest absolute Gasteiger partial charge is 0.254 e. The highest BCUT2D eigenvalue weighted by atomic mass is 14.8. The van der Waals surface area contributed by atoms with Gasteiger partial charge in [-0.2, -0.15) is 0 Å². The minimum atomic E-state index is 0.451. The van der Waals surface area contributed by atoms with Crippen LogP contribution in [0.3, 0.4) is 0 Å². The van der Waals surface area contributed by atoms with Crippen LogP contribution < -0.4 is 0 Å². The molecule has 1 aliphatic heterocycles. The molecule has 0 unspecified atom stereocenters. The van der Waals surface area contributed by atoms with Gasteiger partial charge in [-0.05, 0) is 29.0 Å². The van der Waals surface area contributed by atoms with Gasteiger partial charge in [-0.1, -0.05) is 64.1 Å². The second-order valence-corrected chi connectivity index (χ2v) is 6.37. The fourth-order valence-corrected chi connectivity index (χ4v) is 2.85. The average molecular weight is 290 g/mol. The molecule has 0 atom stereocenters. The number of hydrogen-bond donors (Lipinski definition) is 0. The molecular weight excluding hydrogens is 268 g/mol. The van der Waals surface area contributed by atoms with Crippen molar-refractivity contribution in [2.24, 2.45) is 9.98 Å². The molecule has 0 spiro atoms. The Morgan fingerprint density at radius 3 is 2.09 bits per heavy atom. The maximum absolute atomic E-state index is 5.01. The second-order valence-electron chi connectivity index (χ2n) is 6.37. The molecule has 2 nitrogen and oxygen atoms in total. The van der Waals surface area contributed by atoms with Crippen LogP contribution in [-0.2, 0) is 0 Å². The molecule has 0 radical (unpaired) electrons. The number of hydrogen-bond acceptors (Lipinski definition) is 2. The normalized spacial score (nSPS) is 15.1. The number of benzene rings is 2. The molecule has 3 rings (SSSR count). The SMILES string of the molecule is CC(C)c1cccc(C(C)C)c1N=C1C=Nc2ccccc21. The molecule has 22 heavy (non-hydrogen) atoms. The smallest absolute Gasteiger partial charge is 0.0914 e. The van der Waals surface area contributed by atoms with Crippen LogP contribution in [0, 0.1) is 0 Å². The highest BCUT2D eigenvalue weighted by Crippen LogP contribution is 2.36. The molecule has 0 saturated heterocycles. The molecule has 1 aliphatic rings. The van der Waals surface area contributed by atoms with Gasteiger partial charge in [0.1, 0.15) is 0 Å². The van der Waals surface area contributed by atoms with Gasteiger partial charge in [0.2, 0.25) is 0 Å². The topological polar surface area (TPSA) is 24.7 Å². The van der Waals surface area contributed by atoms with E-state index in [2.05, 4.69) is 57.0 Å². The molecule has 0 N–H and O–H groups in total. The summed E-state index contributed by atoms with van der Waals surface area (Å²) in [7, 11) is 0. The predicted molar refractivity (Wildman–Crippen MR) is 95.4 cm³/mol. The quantitative estimate of drug-likeness (QED) is 0.685. The zero-order valence-electron chi connectivity index (χ0n) is 13.7. The highest BCUT2D eigenvalue weighted by Gasteiger charge is 2.17. The third kappa shape index (κ3) is 2.61. The monoisotopic (exact) mass is 290 g/mol. The zero-order chi connectivity index (χ0) is 15.7. The summed E-state index contributed by atoms with van der Waals surface area (Å²) in [6.45, 7) is 8.89. The standard InChI is InChI=1S/C20H22N2/c1-13(2)15-9-7-10-16(14(3)4)20(15)22-19-12-21-18-11-6-5-8-17(18)19/h5-14H,1-4H3. The molecule has 2 aromatic rings. The van der Waals surface area contributed by atoms with Gasteiger partial charge >= 0.3 is 0 Å². The maximum atomic E-state index is 5.01. The molecule has 0 aromatic heterocycles. The molecule has 1 heterocycles. The summed E-state index contributed by atoms with van der Waals surface area (Å²) in [4.78, 5) is 9.48. The first kappa shape index (κ1) is 14.7. The lowest BCUT2D eigenvalue weighted by Crippen LogP contribution is -2.01. The van der Waals surface area contributed by atoms with Crippen LogP contribution in [0.2, 0.25) is 0 Å². The van der Waals surface area contributed by atoms with Crippen molar-refractivity contribution in [1.82, 2.24) is 0 Å². The van der Waals surface area contributed by atoms with E-state index in [1.54, 1.807) is 0 Å². The van der Waals surface area contributed by atoms with Crippen molar-refractivity contribution >= 4 is 23.3 Å². The van der Waals surface area contributed by atoms with E-state index in [-0.39, 0.29) is 0 Å². The third-order valence-electron chi connectivity index (χ3n) is 4.08. The first-order valence-electron chi connectivity index (χ1n) is 7.93. The molecule has 112 valence electrons. The fraction of sp³-hybridized carbons (Fsp3) is 0.300. The zero-order valence-corrected chi connectivity index (χ0v) is 13.7. The second kappa shape index (κ2) is 5.88. The molecule has 0 bridgehead atoms. The molecule has 2 aromatic carbocycles. The third-order valence-corrected chi connectivity index (χ3v) is 4.08. The van der Waals surface area contributed by atoms with Gasteiger partial charge in [-0.25, -0.2) is 4.99 Å². The van der Waals surface area contributed by atoms with Crippen molar-refractivity contribution < 1.29 is 0 Å². The summed E-state index contributed by atoms with van der Waals surface area (Å²) in [6, 6.07) is 14.7. The highest BCUT2D eigenvalue weighted by molar-refractivity contribution is 6.43. The molecule has 0 aliphatic carbocycles. The fourth-order valence-electron chi connectivity index (χ4n) is 2.85. The number of fused-ring (bicyclic) bond motifs is 1. The Morgan fingerprint density at radius 2 is 1.45 bits per heavy atom. The van der Waals surface area contributed by atoms with E-state index < -0.39 is 0 Å². The number of nitrogens with zero attached hydrogens (tertiary/aromatic N) is 2. The Morgan fingerprint density at radius 1 is 0.818 bits per heavy atom. The Balaban J connectivity index is 2.17.